The topological polar surface area (TPSA) is 374 Å². The summed E-state index contributed by atoms with van der Waals surface area (Å²) in [6.07, 6.45) is 17.2. The SMILES string of the molecule is CNC(=O)C(C1N(N2C[C@@H](C(=O)c3cccnc3)[C@@H](c3cccc(F)c3C)[C@@](CCO)(C(=O)c3cccnc3)C2N2C[C@H](C(=O)c3ncccn3)C(c3cccc(F)c3C)[C@H](C(=O)c3ncccn3)C2)C[C@@H](C(=O)c2ncccn2)[C@@H](c2cccc(F)c2C)[C@@]1(CCO)C(=O)c1ncccn1)N1C[C@H](C(=O)c2cccnc2)C(c2cccc(F)c2C)[C@H](C(=O)c2cccnc2)C1. The predicted octanol–water partition coefficient (Wildman–Crippen LogP) is 11.1. The summed E-state index contributed by atoms with van der Waals surface area (Å²) < 4.78 is 69.5. The molecule has 4 fully saturated rings. The van der Waals surface area contributed by atoms with Crippen LogP contribution in [0.4, 0.5) is 17.6 Å². The van der Waals surface area contributed by atoms with Crippen molar-refractivity contribution in [3.05, 3.63) is 358 Å². The van der Waals surface area contributed by atoms with Crippen molar-refractivity contribution in [2.24, 2.45) is 46.3 Å². The van der Waals surface area contributed by atoms with Crippen LogP contribution in [0.15, 0.2) is 245 Å². The number of halogens is 4. The summed E-state index contributed by atoms with van der Waals surface area (Å²) in [5.74, 6) is -30.0. The Hall–Kier alpha value is -13.9. The van der Waals surface area contributed by atoms with Gasteiger partial charge in [0, 0.05) is 240 Å². The second kappa shape index (κ2) is 38.8. The van der Waals surface area contributed by atoms with E-state index < -0.39 is 252 Å². The van der Waals surface area contributed by atoms with E-state index in [1.54, 1.807) is 17.0 Å². The molecular weight excluding hydrogens is 1680 g/mol. The van der Waals surface area contributed by atoms with E-state index in [2.05, 4.69) is 65.1 Å². The van der Waals surface area contributed by atoms with Crippen LogP contribution in [0.5, 0.6) is 0 Å². The minimum atomic E-state index is -2.88. The number of Topliss-reactive ketones (excluding diaryl/α,β-unsaturated/α-hetero) is 8. The molecule has 16 rings (SSSR count). The maximum absolute atomic E-state index is 18.5. The average Bonchev–Trinajstić information content (AvgIpc) is 0.680. The number of rotatable bonds is 29. The highest BCUT2D eigenvalue weighted by Gasteiger charge is 2.71. The lowest BCUT2D eigenvalue weighted by Gasteiger charge is -2.67. The number of aromatic nitrogens is 12. The fraction of sp³-hybridized carbons (Fsp3) is 0.303. The molecule has 131 heavy (non-hydrogen) atoms. The zero-order valence-electron chi connectivity index (χ0n) is 71.9. The molecule has 1 amide bonds. The molecule has 32 heteroatoms. The lowest BCUT2D eigenvalue weighted by Crippen LogP contribution is -2.80. The van der Waals surface area contributed by atoms with E-state index in [-0.39, 0.29) is 66.8 Å². The molecule has 28 nitrogen and oxygen atoms in total. The molecule has 12 heterocycles. The highest BCUT2D eigenvalue weighted by Crippen LogP contribution is 2.63. The molecule has 0 saturated carbocycles. The molecule has 3 N–H and O–H groups in total. The molecule has 15 atom stereocenters. The van der Waals surface area contributed by atoms with E-state index in [9.17, 15) is 10.2 Å². The number of benzene rings is 4. The zero-order valence-corrected chi connectivity index (χ0v) is 71.9. The number of likely N-dealkylation sites (N-methyl/N-ethyl adjacent to an activating group) is 1. The van der Waals surface area contributed by atoms with Gasteiger partial charge >= 0.3 is 0 Å². The Kier molecular flexibility index (Phi) is 26.8. The Bertz CT molecular complexity index is 6140. The fourth-order valence-electron chi connectivity index (χ4n) is 21.4. The standard InChI is InChI=1S/C99H91F4N17O11/c1-56-64(22-6-26-74(56)100)78-68(83(123)60-18-10-32-105-46-60)50-117(51-69(78)84(124)61-19-11-33-106-47-61)82(96(131)104-5)89-98(30-44-121,91(130)95-115-42-17-43-116-95)80(66-24-8-28-76(102)58(66)3)73(88(128)94-113-40-16-41-114-94)54-119(89)120-55-72(85(125)62-20-12-34-107-48-62)81(67-25-9-29-77(103)59(67)4)99(31-45-122,90(129)63-21-13-35-108-49-63)97(120)118-52-70(86(126)92-109-36-14-37-110-92)79(65-23-7-27-75(101)57(65)2)71(53-118)87(127)93-111-38-15-39-112-93/h6-29,32-43,46-49,68-73,78-82,89,97,121-122H,30-31,44-45,50-55H2,1-5H3,(H,104,131)/t68-,69+,70-,71+,72-,73-,78?,79?,80-,81-,82?,89?,97?,98-,99+/m1/s1. The summed E-state index contributed by atoms with van der Waals surface area (Å²) in [5, 5.41) is 31.7. The van der Waals surface area contributed by atoms with Crippen molar-refractivity contribution >= 4 is 52.2 Å². The average molecular weight is 1770 g/mol. The summed E-state index contributed by atoms with van der Waals surface area (Å²) in [5.41, 5.74) is -5.95. The van der Waals surface area contributed by atoms with Gasteiger partial charge in [-0.3, -0.25) is 72.9 Å². The van der Waals surface area contributed by atoms with E-state index in [0.29, 0.717) is 0 Å². The van der Waals surface area contributed by atoms with Gasteiger partial charge in [0.2, 0.25) is 29.0 Å². The zero-order chi connectivity index (χ0) is 92.1. The number of aliphatic hydroxyl groups excluding tert-OH is 2. The van der Waals surface area contributed by atoms with Crippen molar-refractivity contribution in [2.45, 2.75) is 82.5 Å². The minimum absolute atomic E-state index is 0.00249. The maximum atomic E-state index is 18.5. The van der Waals surface area contributed by atoms with E-state index in [1.165, 1.54) is 276 Å². The van der Waals surface area contributed by atoms with Crippen molar-refractivity contribution in [2.75, 3.05) is 59.5 Å². The van der Waals surface area contributed by atoms with Crippen LogP contribution < -0.4 is 5.32 Å². The van der Waals surface area contributed by atoms with Gasteiger partial charge in [0.1, 0.15) is 29.3 Å². The second-order valence-electron chi connectivity index (χ2n) is 33.6. The van der Waals surface area contributed by atoms with Gasteiger partial charge in [-0.15, -0.1) is 0 Å². The van der Waals surface area contributed by atoms with E-state index in [4.69, 9.17) is 0 Å². The number of likely N-dealkylation sites (tertiary alicyclic amines) is 2. The number of amides is 1. The summed E-state index contributed by atoms with van der Waals surface area (Å²) in [7, 11) is 1.27. The number of hydrazine groups is 1. The lowest BCUT2D eigenvalue weighted by molar-refractivity contribution is -0.246. The van der Waals surface area contributed by atoms with Gasteiger partial charge in [-0.05, 0) is 182 Å². The number of nitrogens with zero attached hydrogens (tertiary/aromatic N) is 16. The van der Waals surface area contributed by atoms with E-state index >= 15 is 60.7 Å². The normalized spacial score (nSPS) is 24.0. The van der Waals surface area contributed by atoms with Crippen LogP contribution >= 0.6 is 0 Å². The summed E-state index contributed by atoms with van der Waals surface area (Å²) in [4.78, 5) is 214. The molecule has 0 spiro atoms. The van der Waals surface area contributed by atoms with Crippen molar-refractivity contribution in [3.63, 3.8) is 0 Å². The summed E-state index contributed by atoms with van der Waals surface area (Å²) in [6.45, 7) is -0.705. The smallest absolute Gasteiger partial charge is 0.238 e. The molecule has 666 valence electrons. The lowest BCUT2D eigenvalue weighted by atomic mass is 9.52. The van der Waals surface area contributed by atoms with E-state index in [1.807, 2.05) is 0 Å². The molecule has 5 unspecified atom stereocenters. The van der Waals surface area contributed by atoms with Crippen LogP contribution in [0.3, 0.4) is 0 Å². The minimum Gasteiger partial charge on any atom is -0.396 e. The van der Waals surface area contributed by atoms with Gasteiger partial charge in [0.15, 0.2) is 46.4 Å². The first-order valence-electron chi connectivity index (χ1n) is 43.0. The summed E-state index contributed by atoms with van der Waals surface area (Å²) >= 11 is 0. The first-order chi connectivity index (χ1) is 63.5. The van der Waals surface area contributed by atoms with Crippen molar-refractivity contribution in [3.8, 4) is 0 Å². The molecule has 4 saturated heterocycles. The first-order valence-corrected chi connectivity index (χ1v) is 43.0. The Labute approximate surface area is 750 Å². The van der Waals surface area contributed by atoms with Crippen LogP contribution in [-0.4, -0.2) is 220 Å². The maximum Gasteiger partial charge on any atom is 0.238 e. The molecule has 8 aromatic heterocycles. The second-order valence-corrected chi connectivity index (χ2v) is 33.6. The molecule has 4 aromatic carbocycles. The Morgan fingerprint density at radius 3 is 1.08 bits per heavy atom. The van der Waals surface area contributed by atoms with Crippen LogP contribution in [0.2, 0.25) is 0 Å². The van der Waals surface area contributed by atoms with Crippen LogP contribution in [0.1, 0.15) is 165 Å². The van der Waals surface area contributed by atoms with Gasteiger partial charge < -0.3 is 15.5 Å². The van der Waals surface area contributed by atoms with Gasteiger partial charge in [-0.1, -0.05) is 48.5 Å². The van der Waals surface area contributed by atoms with Gasteiger partial charge in [0.25, 0.3) is 0 Å². The Morgan fingerprint density at radius 2 is 0.695 bits per heavy atom. The van der Waals surface area contributed by atoms with Crippen molar-refractivity contribution < 1.29 is 70.9 Å². The van der Waals surface area contributed by atoms with Crippen LogP contribution in [0, 0.1) is 97.3 Å². The third-order valence-electron chi connectivity index (χ3n) is 27.0. The van der Waals surface area contributed by atoms with Gasteiger partial charge in [-0.2, -0.15) is 0 Å². The third kappa shape index (κ3) is 16.8. The monoisotopic (exact) mass is 1770 g/mol. The largest absolute Gasteiger partial charge is 0.396 e. The van der Waals surface area contributed by atoms with Crippen LogP contribution in [0.25, 0.3) is 0 Å². The number of aliphatic hydroxyl groups is 2. The van der Waals surface area contributed by atoms with Crippen LogP contribution in [-0.2, 0) is 4.79 Å². The molecule has 4 aliphatic rings. The molecule has 0 bridgehead atoms. The Balaban J connectivity index is 1.10. The quantitative estimate of drug-likeness (QED) is 0.0289. The molecule has 0 radical (unpaired) electrons. The van der Waals surface area contributed by atoms with Crippen molar-refractivity contribution in [1.29, 1.82) is 0 Å². The highest BCUT2D eigenvalue weighted by molar-refractivity contribution is 6.07. The number of hydrogen-bond acceptors (Lipinski definition) is 27. The number of piperidine rings is 4. The summed E-state index contributed by atoms with van der Waals surface area (Å²) in [6, 6.07) is 29.5. The number of hydrogen-bond donors (Lipinski definition) is 3. The number of carbonyl (C=O) groups is 9. The number of carbonyl (C=O) groups excluding carboxylic acids is 9. The number of nitrogens with one attached hydrogen (secondary N) is 1. The molecule has 0 aliphatic carbocycles. The van der Waals surface area contributed by atoms with Crippen molar-refractivity contribution in [1.82, 2.24) is 84.9 Å². The van der Waals surface area contributed by atoms with Gasteiger partial charge in [0.05, 0.1) is 23.0 Å². The Morgan fingerprint density at radius 1 is 0.366 bits per heavy atom. The third-order valence-corrected chi connectivity index (χ3v) is 27.0. The van der Waals surface area contributed by atoms with Gasteiger partial charge in [-0.25, -0.2) is 67.5 Å². The number of ketones is 8. The predicted molar refractivity (Wildman–Crippen MR) is 466 cm³/mol. The first kappa shape index (κ1) is 90.5. The van der Waals surface area contributed by atoms with E-state index in [0.717, 1.165) is 6.07 Å². The molecule has 12 aromatic rings. The fourth-order valence-corrected chi connectivity index (χ4v) is 21.4. The highest BCUT2D eigenvalue weighted by atomic mass is 19.1. The molecular formula is C99H91F4N17O11. The number of pyridine rings is 4. The molecule has 4 aliphatic heterocycles.